The van der Waals surface area contributed by atoms with Crippen molar-refractivity contribution < 1.29 is 27.5 Å². The van der Waals surface area contributed by atoms with Gasteiger partial charge in [0.1, 0.15) is 18.1 Å². The van der Waals surface area contributed by atoms with E-state index in [0.717, 1.165) is 25.5 Å². The molecule has 1 amide bonds. The van der Waals surface area contributed by atoms with Crippen LogP contribution in [0.15, 0.2) is 29.3 Å². The second-order valence-electron chi connectivity index (χ2n) is 7.60. The fourth-order valence-electron chi connectivity index (χ4n) is 3.93. The Hall–Kier alpha value is -2.58. The molecule has 0 radical (unpaired) electrons. The summed E-state index contributed by atoms with van der Waals surface area (Å²) in [5.41, 5.74) is 0.531. The highest BCUT2D eigenvalue weighted by Crippen LogP contribution is 2.30. The lowest BCUT2D eigenvalue weighted by atomic mass is 9.85. The van der Waals surface area contributed by atoms with Crippen LogP contribution in [0.1, 0.15) is 31.2 Å². The Bertz CT molecular complexity index is 769. The van der Waals surface area contributed by atoms with Crippen molar-refractivity contribution in [2.24, 2.45) is 10.9 Å². The molecule has 0 saturated heterocycles. The van der Waals surface area contributed by atoms with Gasteiger partial charge in [-0.3, -0.25) is 9.79 Å². The van der Waals surface area contributed by atoms with Crippen LogP contribution in [-0.4, -0.2) is 60.4 Å². The maximum Gasteiger partial charge on any atom is 0.573 e. The highest BCUT2D eigenvalue weighted by atomic mass is 19.4. The van der Waals surface area contributed by atoms with E-state index in [1.165, 1.54) is 18.2 Å². The van der Waals surface area contributed by atoms with Gasteiger partial charge in [0.2, 0.25) is 5.91 Å². The third-order valence-corrected chi connectivity index (χ3v) is 5.28. The van der Waals surface area contributed by atoms with Crippen molar-refractivity contribution in [2.75, 3.05) is 13.6 Å². The highest BCUT2D eigenvalue weighted by Gasteiger charge is 2.35. The summed E-state index contributed by atoms with van der Waals surface area (Å²) in [4.78, 5) is 32.2. The Labute approximate surface area is 167 Å². The number of aliphatic imine (C=N–C) groups is 1. The number of nitrogens with zero attached hydrogens (tertiary/aromatic N) is 3. The van der Waals surface area contributed by atoms with E-state index >= 15 is 0 Å². The second-order valence-corrected chi connectivity index (χ2v) is 7.60. The number of aldehydes is 1. The van der Waals surface area contributed by atoms with Gasteiger partial charge in [-0.15, -0.1) is 13.2 Å². The van der Waals surface area contributed by atoms with Crippen molar-refractivity contribution >= 4 is 18.5 Å². The summed E-state index contributed by atoms with van der Waals surface area (Å²) in [6.45, 7) is 0.594. The summed E-state index contributed by atoms with van der Waals surface area (Å²) in [6, 6.07) is 4.94. The molecular weight excluding hydrogens is 387 g/mol. The zero-order valence-corrected chi connectivity index (χ0v) is 16.1. The van der Waals surface area contributed by atoms with Gasteiger partial charge in [0.15, 0.2) is 0 Å². The minimum absolute atomic E-state index is 0.112. The number of hydrogen-bond acceptors (Lipinski definition) is 5. The van der Waals surface area contributed by atoms with Gasteiger partial charge in [0.05, 0.1) is 6.34 Å². The predicted octanol–water partition coefficient (Wildman–Crippen LogP) is 3.01. The average Bonchev–Trinajstić information content (AvgIpc) is 3.11. The predicted molar refractivity (Wildman–Crippen MR) is 100 cm³/mol. The molecular formula is C20H24F3N3O3. The van der Waals surface area contributed by atoms with E-state index in [9.17, 15) is 22.8 Å². The lowest BCUT2D eigenvalue weighted by Crippen LogP contribution is -2.47. The maximum absolute atomic E-state index is 13.2. The molecule has 1 aliphatic carbocycles. The number of ether oxygens (including phenoxy) is 1. The zero-order valence-electron chi connectivity index (χ0n) is 16.1. The fraction of sp³-hybridized carbons (Fsp3) is 0.550. The van der Waals surface area contributed by atoms with Crippen LogP contribution >= 0.6 is 0 Å². The molecule has 29 heavy (non-hydrogen) atoms. The Kier molecular flexibility index (Phi) is 6.44. The summed E-state index contributed by atoms with van der Waals surface area (Å²) in [6.07, 6.45) is 0.672. The lowest BCUT2D eigenvalue weighted by molar-refractivity contribution is -0.274. The first-order valence-electron chi connectivity index (χ1n) is 9.59. The van der Waals surface area contributed by atoms with Gasteiger partial charge in [-0.1, -0.05) is 18.6 Å². The Morgan fingerprint density at radius 1 is 1.38 bits per heavy atom. The molecule has 158 valence electrons. The third-order valence-electron chi connectivity index (χ3n) is 5.28. The van der Waals surface area contributed by atoms with Gasteiger partial charge in [-0.2, -0.15) is 0 Å². The molecule has 0 spiro atoms. The molecule has 6 nitrogen and oxygen atoms in total. The number of alkyl halides is 3. The molecule has 9 heteroatoms. The number of hydrogen-bond donors (Lipinski definition) is 0. The molecule has 1 saturated carbocycles. The molecule has 1 aromatic rings. The van der Waals surface area contributed by atoms with E-state index in [-0.39, 0.29) is 30.2 Å². The first kappa shape index (κ1) is 21.1. The van der Waals surface area contributed by atoms with Crippen LogP contribution in [0, 0.1) is 5.92 Å². The second kappa shape index (κ2) is 8.84. The van der Waals surface area contributed by atoms with Crippen LogP contribution in [0.5, 0.6) is 5.75 Å². The number of amides is 1. The van der Waals surface area contributed by atoms with Gasteiger partial charge in [-0.25, -0.2) is 0 Å². The largest absolute Gasteiger partial charge is 0.573 e. The summed E-state index contributed by atoms with van der Waals surface area (Å²) >= 11 is 0. The number of rotatable bonds is 6. The molecule has 2 unspecified atom stereocenters. The van der Waals surface area contributed by atoms with Crippen LogP contribution < -0.4 is 4.74 Å². The quantitative estimate of drug-likeness (QED) is 0.676. The topological polar surface area (TPSA) is 62.2 Å². The van der Waals surface area contributed by atoms with Gasteiger partial charge in [0, 0.05) is 32.1 Å². The standard InChI is InChI=1S/C20H24F3N3O3/c1-25-11-18(24-13-25)19(28)26(16-6-2-5-15(8-16)12-27)10-14-4-3-7-17(9-14)29-20(21,22)23/h3-4,7,9,12-13,15-16,18H,2,5-6,8,10-11H2,1H3/t15?,16-,18?/m1/s1. The number of carbonyl (C=O) groups is 2. The summed E-state index contributed by atoms with van der Waals surface area (Å²) in [5.74, 6) is -0.613. The Morgan fingerprint density at radius 2 is 2.17 bits per heavy atom. The van der Waals surface area contributed by atoms with Gasteiger partial charge < -0.3 is 19.3 Å². The molecule has 1 fully saturated rings. The van der Waals surface area contributed by atoms with Crippen molar-refractivity contribution in [3.8, 4) is 5.75 Å². The van der Waals surface area contributed by atoms with E-state index < -0.39 is 12.4 Å². The molecule has 3 atom stereocenters. The average molecular weight is 411 g/mol. The molecule has 0 aromatic heterocycles. The maximum atomic E-state index is 13.2. The van der Waals surface area contributed by atoms with Crippen LogP contribution in [0.3, 0.4) is 0 Å². The van der Waals surface area contributed by atoms with Crippen LogP contribution in [0.2, 0.25) is 0 Å². The van der Waals surface area contributed by atoms with Crippen molar-refractivity contribution in [1.82, 2.24) is 9.80 Å². The lowest BCUT2D eigenvalue weighted by Gasteiger charge is -2.37. The molecule has 3 rings (SSSR count). The van der Waals surface area contributed by atoms with Crippen molar-refractivity contribution in [2.45, 2.75) is 50.7 Å². The van der Waals surface area contributed by atoms with Crippen molar-refractivity contribution in [3.63, 3.8) is 0 Å². The normalized spacial score (nSPS) is 24.4. The molecule has 1 aliphatic heterocycles. The number of benzene rings is 1. The number of carbonyl (C=O) groups excluding carboxylic acids is 2. The van der Waals surface area contributed by atoms with Crippen molar-refractivity contribution in [1.29, 1.82) is 0 Å². The smallest absolute Gasteiger partial charge is 0.406 e. The van der Waals surface area contributed by atoms with Crippen molar-refractivity contribution in [3.05, 3.63) is 29.8 Å². The Morgan fingerprint density at radius 3 is 2.83 bits per heavy atom. The van der Waals surface area contributed by atoms with Gasteiger partial charge in [-0.05, 0) is 37.0 Å². The first-order chi connectivity index (χ1) is 13.7. The summed E-state index contributed by atoms with van der Waals surface area (Å²) in [7, 11) is 1.82. The van der Waals surface area contributed by atoms with Gasteiger partial charge >= 0.3 is 6.36 Å². The van der Waals surface area contributed by atoms with Gasteiger partial charge in [0.25, 0.3) is 0 Å². The minimum Gasteiger partial charge on any atom is -0.406 e. The van der Waals surface area contributed by atoms with Crippen LogP contribution in [0.25, 0.3) is 0 Å². The molecule has 0 bridgehead atoms. The van der Waals surface area contributed by atoms with Crippen LogP contribution in [-0.2, 0) is 16.1 Å². The zero-order chi connectivity index (χ0) is 21.0. The molecule has 0 N–H and O–H groups in total. The van der Waals surface area contributed by atoms with E-state index in [2.05, 4.69) is 9.73 Å². The van der Waals surface area contributed by atoms with E-state index in [1.807, 2.05) is 11.9 Å². The Balaban J connectivity index is 1.81. The van der Waals surface area contributed by atoms with E-state index in [1.54, 1.807) is 17.3 Å². The summed E-state index contributed by atoms with van der Waals surface area (Å²) < 4.78 is 41.6. The minimum atomic E-state index is -4.78. The van der Waals surface area contributed by atoms with E-state index in [0.29, 0.717) is 18.5 Å². The SMILES string of the molecule is CN1C=NC(C(=O)N(Cc2cccc(OC(F)(F)F)c2)[C@@H]2CCCC(C=O)C2)C1. The monoisotopic (exact) mass is 411 g/mol. The fourth-order valence-corrected chi connectivity index (χ4v) is 3.93. The number of likely N-dealkylation sites (N-methyl/N-ethyl adjacent to an activating group) is 1. The van der Waals surface area contributed by atoms with E-state index in [4.69, 9.17) is 0 Å². The molecule has 2 aliphatic rings. The molecule has 1 aromatic carbocycles. The van der Waals surface area contributed by atoms with Crippen LogP contribution in [0.4, 0.5) is 13.2 Å². The molecule has 1 heterocycles. The highest BCUT2D eigenvalue weighted by molar-refractivity contribution is 5.85. The third kappa shape index (κ3) is 5.71. The summed E-state index contributed by atoms with van der Waals surface area (Å²) in [5, 5.41) is 0. The first-order valence-corrected chi connectivity index (χ1v) is 9.59. The number of halogens is 3.